The minimum atomic E-state index is -1.36. The van der Waals surface area contributed by atoms with Crippen molar-refractivity contribution in [3.05, 3.63) is 71.2 Å². The molecule has 10 unspecified atom stereocenters. The average Bonchev–Trinajstić information content (AvgIpc) is 3.66. The monoisotopic (exact) mass is 682 g/mol. The van der Waals surface area contributed by atoms with Gasteiger partial charge < -0.3 is 29.7 Å². The van der Waals surface area contributed by atoms with Crippen LogP contribution in [0.1, 0.15) is 102 Å². The summed E-state index contributed by atoms with van der Waals surface area (Å²) >= 11 is 0. The Morgan fingerprint density at radius 1 is 0.786 bits per heavy atom. The van der Waals surface area contributed by atoms with Crippen LogP contribution in [-0.2, 0) is 26.2 Å². The van der Waals surface area contributed by atoms with Crippen molar-refractivity contribution < 1.29 is 26.2 Å². The van der Waals surface area contributed by atoms with Crippen molar-refractivity contribution in [3.63, 3.8) is 0 Å². The fourth-order valence-corrected chi connectivity index (χ4v) is 26.3. The molecule has 0 bridgehead atoms. The van der Waals surface area contributed by atoms with Crippen LogP contribution in [0.5, 0.6) is 0 Å². The largest absolute Gasteiger partial charge is 4.00 e. The first-order chi connectivity index (χ1) is 17.7. The topological polar surface area (TPSA) is 0 Å². The van der Waals surface area contributed by atoms with E-state index in [1.54, 1.807) is 37.7 Å². The van der Waals surface area contributed by atoms with Gasteiger partial charge in [-0.05, 0) is 82.9 Å². The SMILES string of the molecule is CCCCC1CCC([Si](C)(C)[Si](C)(C)C2C(C)CC3C2CC2CCCC2C3C2C=Cc3ccccc32)C1.[CH3-].[CH3-].[CH3-].[CH3-].[Zr+4]. The first-order valence-corrected chi connectivity index (χ1v) is 23.7. The number of rotatable bonds is 7. The third kappa shape index (κ3) is 6.70. The van der Waals surface area contributed by atoms with Gasteiger partial charge in [-0.15, -0.1) is 0 Å². The third-order valence-electron chi connectivity index (χ3n) is 13.8. The third-order valence-corrected chi connectivity index (χ3v) is 34.6. The summed E-state index contributed by atoms with van der Waals surface area (Å²) in [6.45, 7) is 16.8. The predicted octanol–water partition coefficient (Wildman–Crippen LogP) is 12.5. The Hall–Kier alpha value is 0.277. The second kappa shape index (κ2) is 15.7. The number of allylic oxidation sites excluding steroid dienone is 1. The predicted molar refractivity (Wildman–Crippen MR) is 193 cm³/mol. The van der Waals surface area contributed by atoms with Crippen molar-refractivity contribution in [1.82, 2.24) is 0 Å². The van der Waals surface area contributed by atoms with E-state index in [2.05, 4.69) is 76.5 Å². The Kier molecular flexibility index (Phi) is 15.1. The minimum absolute atomic E-state index is 0. The molecule has 10 atom stereocenters. The van der Waals surface area contributed by atoms with Gasteiger partial charge in [0.15, 0.2) is 0 Å². The average molecular weight is 684 g/mol. The molecule has 5 aliphatic rings. The summed E-state index contributed by atoms with van der Waals surface area (Å²) in [5.41, 5.74) is 5.39. The van der Waals surface area contributed by atoms with Crippen molar-refractivity contribution in [2.75, 3.05) is 0 Å². The molecule has 0 aromatic heterocycles. The van der Waals surface area contributed by atoms with Gasteiger partial charge in [0.2, 0.25) is 0 Å². The fourth-order valence-electron chi connectivity index (χ4n) is 11.6. The van der Waals surface area contributed by atoms with Crippen LogP contribution in [0.25, 0.3) is 6.08 Å². The molecule has 0 amide bonds. The molecule has 42 heavy (non-hydrogen) atoms. The fraction of sp³-hybridized carbons (Fsp3) is 0.692. The van der Waals surface area contributed by atoms with Gasteiger partial charge in [-0.2, -0.15) is 0 Å². The summed E-state index contributed by atoms with van der Waals surface area (Å²) < 4.78 is 0. The smallest absolute Gasteiger partial charge is 0.358 e. The van der Waals surface area contributed by atoms with Gasteiger partial charge in [0.1, 0.15) is 0 Å². The van der Waals surface area contributed by atoms with Crippen LogP contribution in [0.15, 0.2) is 30.3 Å². The second-order valence-electron chi connectivity index (χ2n) is 15.7. The molecular formula is C39H68Si2Zr. The van der Waals surface area contributed by atoms with E-state index in [1.165, 1.54) is 44.1 Å². The summed E-state index contributed by atoms with van der Waals surface area (Å²) in [4.78, 5) is 0. The molecule has 0 radical (unpaired) electrons. The molecule has 236 valence electrons. The number of benzene rings is 1. The first kappa shape index (κ1) is 40.3. The molecule has 0 N–H and O–H groups in total. The summed E-state index contributed by atoms with van der Waals surface area (Å²) in [6, 6.07) is 9.41. The van der Waals surface area contributed by atoms with E-state index < -0.39 is 15.2 Å². The van der Waals surface area contributed by atoms with Crippen molar-refractivity contribution in [3.8, 4) is 0 Å². The van der Waals surface area contributed by atoms with Crippen LogP contribution >= 0.6 is 0 Å². The zero-order valence-electron chi connectivity index (χ0n) is 29.5. The Balaban J connectivity index is 0.00000176. The van der Waals surface area contributed by atoms with Gasteiger partial charge in [0.05, 0.1) is 0 Å². The number of hydrogen-bond acceptors (Lipinski definition) is 0. The molecule has 1 aromatic carbocycles. The van der Waals surface area contributed by atoms with Crippen LogP contribution in [0.2, 0.25) is 37.3 Å². The van der Waals surface area contributed by atoms with E-state index in [0.29, 0.717) is 5.92 Å². The molecule has 0 nitrogen and oxygen atoms in total. The van der Waals surface area contributed by atoms with Gasteiger partial charge in [0.25, 0.3) is 0 Å². The zero-order valence-corrected chi connectivity index (χ0v) is 34.0. The molecule has 3 heteroatoms. The molecule has 0 spiro atoms. The van der Waals surface area contributed by atoms with Gasteiger partial charge in [-0.3, -0.25) is 0 Å². The maximum Gasteiger partial charge on any atom is 4.00 e. The molecule has 4 fully saturated rings. The van der Waals surface area contributed by atoms with Gasteiger partial charge in [-0.1, -0.05) is 128 Å². The number of unbranched alkanes of at least 4 members (excludes halogenated alkanes) is 1. The Bertz CT molecular complexity index is 998. The normalized spacial score (nSPS) is 36.2. The maximum absolute atomic E-state index is 2.93. The molecule has 0 saturated heterocycles. The van der Waals surface area contributed by atoms with Gasteiger partial charge in [0, 0.05) is 21.1 Å². The van der Waals surface area contributed by atoms with Crippen LogP contribution in [0.4, 0.5) is 0 Å². The first-order valence-electron chi connectivity index (χ1n) is 16.5. The quantitative estimate of drug-likeness (QED) is 0.198. The van der Waals surface area contributed by atoms with Crippen LogP contribution < -0.4 is 0 Å². The van der Waals surface area contributed by atoms with E-state index in [0.717, 1.165) is 52.5 Å². The Morgan fingerprint density at radius 2 is 1.50 bits per heavy atom. The molecule has 0 aliphatic heterocycles. The summed E-state index contributed by atoms with van der Waals surface area (Å²) in [5, 5.41) is 0. The maximum atomic E-state index is 2.93. The van der Waals surface area contributed by atoms with Gasteiger partial charge >= 0.3 is 26.2 Å². The molecule has 4 saturated carbocycles. The van der Waals surface area contributed by atoms with Crippen molar-refractivity contribution in [1.29, 1.82) is 0 Å². The molecular weight excluding hydrogens is 616 g/mol. The van der Waals surface area contributed by atoms with E-state index in [1.807, 2.05) is 0 Å². The molecule has 0 heterocycles. The van der Waals surface area contributed by atoms with Crippen LogP contribution in [0.3, 0.4) is 0 Å². The van der Waals surface area contributed by atoms with Crippen LogP contribution in [-0.4, -0.2) is 15.2 Å². The minimum Gasteiger partial charge on any atom is -0.358 e. The van der Waals surface area contributed by atoms with Crippen molar-refractivity contribution in [2.24, 2.45) is 41.4 Å². The zero-order chi connectivity index (χ0) is 25.9. The van der Waals surface area contributed by atoms with E-state index in [9.17, 15) is 0 Å². The Labute approximate surface area is 286 Å². The standard InChI is InChI=1S/C35H56Si2.4CH3.Zr/c1-7-8-12-25-17-19-28(22-25)36(3,4)37(5,6)35-24(2)21-32-33(35)23-27-14-11-16-30(27)34(32)31-20-18-26-13-9-10-15-29(26)31;;;;;/h9-10,13,15,18,20,24-25,27-28,30-35H,7-8,11-12,14,16-17,19,21-23H2,1-6H3;4*1H3;/q;4*-1;+4. The van der Waals surface area contributed by atoms with E-state index in [-0.39, 0.29) is 55.9 Å². The van der Waals surface area contributed by atoms with E-state index in [4.69, 9.17) is 0 Å². The number of fused-ring (bicyclic) bond motifs is 3. The van der Waals surface area contributed by atoms with Crippen LogP contribution in [0, 0.1) is 71.1 Å². The summed E-state index contributed by atoms with van der Waals surface area (Å²) in [5.74, 6) is 7.68. The van der Waals surface area contributed by atoms with Crippen molar-refractivity contribution >= 4 is 21.3 Å². The van der Waals surface area contributed by atoms with Gasteiger partial charge in [-0.25, -0.2) is 0 Å². The molecule has 6 rings (SSSR count). The second-order valence-corrected chi connectivity index (χ2v) is 31.8. The number of hydrogen-bond donors (Lipinski definition) is 0. The Morgan fingerprint density at radius 3 is 2.21 bits per heavy atom. The summed E-state index contributed by atoms with van der Waals surface area (Å²) in [6.07, 6.45) is 21.9. The van der Waals surface area contributed by atoms with E-state index >= 15 is 0 Å². The molecule has 5 aliphatic carbocycles. The van der Waals surface area contributed by atoms with Crippen molar-refractivity contribution in [2.45, 2.75) is 128 Å². The summed E-state index contributed by atoms with van der Waals surface area (Å²) in [7, 11) is -2.64. The molecule has 1 aromatic rings.